The number of ether oxygens (including phenoxy) is 1. The zero-order valence-electron chi connectivity index (χ0n) is 17.6. The van der Waals surface area contributed by atoms with E-state index >= 15 is 0 Å². The van der Waals surface area contributed by atoms with Crippen molar-refractivity contribution in [2.75, 3.05) is 26.8 Å². The van der Waals surface area contributed by atoms with Crippen LogP contribution in [0.5, 0.6) is 5.75 Å². The Balaban J connectivity index is 1.29. The second-order valence-corrected chi connectivity index (χ2v) is 9.85. The van der Waals surface area contributed by atoms with Crippen molar-refractivity contribution in [3.05, 3.63) is 75.1 Å². The maximum absolute atomic E-state index is 6.27. The predicted molar refractivity (Wildman–Crippen MR) is 128 cm³/mol. The van der Waals surface area contributed by atoms with Gasteiger partial charge in [-0.05, 0) is 67.9 Å². The summed E-state index contributed by atoms with van der Waals surface area (Å²) in [5, 5.41) is 1.83. The van der Waals surface area contributed by atoms with Crippen LogP contribution in [0.4, 0.5) is 0 Å². The highest BCUT2D eigenvalue weighted by Gasteiger charge is 2.18. The zero-order chi connectivity index (χ0) is 21.2. The van der Waals surface area contributed by atoms with E-state index in [1.807, 2.05) is 12.1 Å². The van der Waals surface area contributed by atoms with Gasteiger partial charge in [-0.1, -0.05) is 35.9 Å². The summed E-state index contributed by atoms with van der Waals surface area (Å²) in [6, 6.07) is 18.7. The smallest absolute Gasteiger partial charge is 0.120 e. The molecular weight excluding hydrogens is 426 g/mol. The Labute approximate surface area is 192 Å². The van der Waals surface area contributed by atoms with Gasteiger partial charge in [-0.2, -0.15) is 0 Å². The molecule has 0 spiro atoms. The van der Waals surface area contributed by atoms with E-state index in [4.69, 9.17) is 21.3 Å². The van der Waals surface area contributed by atoms with Crippen LogP contribution in [0.1, 0.15) is 18.4 Å². The average Bonchev–Trinajstić information content (AvgIpc) is 3.18. The molecule has 5 rings (SSSR count). The zero-order valence-corrected chi connectivity index (χ0v) is 19.2. The number of fused-ring (bicyclic) bond motifs is 1. The Kier molecular flexibility index (Phi) is 5.99. The Bertz CT molecular complexity index is 1170. The second-order valence-electron chi connectivity index (χ2n) is 8.33. The van der Waals surface area contributed by atoms with Crippen molar-refractivity contribution in [3.63, 3.8) is 0 Å². The van der Waals surface area contributed by atoms with Crippen LogP contribution in [0.2, 0.25) is 5.02 Å². The van der Waals surface area contributed by atoms with Gasteiger partial charge in [-0.3, -0.25) is 4.99 Å². The van der Waals surface area contributed by atoms with E-state index in [1.165, 1.54) is 33.5 Å². The number of likely N-dealkylation sites (tertiary alicyclic amines) is 1. The number of rotatable bonds is 5. The molecule has 2 aromatic carbocycles. The van der Waals surface area contributed by atoms with Crippen LogP contribution in [0.15, 0.2) is 59.6 Å². The number of nitrogens with zero attached hydrogens (tertiary/aromatic N) is 3. The molecule has 4 nitrogen and oxygen atoms in total. The summed E-state index contributed by atoms with van der Waals surface area (Å²) >= 11 is 7.80. The van der Waals surface area contributed by atoms with Crippen molar-refractivity contribution in [1.82, 2.24) is 9.80 Å². The molecule has 6 heteroatoms. The van der Waals surface area contributed by atoms with Crippen molar-refractivity contribution in [2.45, 2.75) is 25.5 Å². The van der Waals surface area contributed by atoms with Gasteiger partial charge in [-0.15, -0.1) is 11.3 Å². The largest absolute Gasteiger partial charge is 0.489 e. The van der Waals surface area contributed by atoms with Crippen LogP contribution in [0, 0.1) is 0 Å². The molecule has 0 bridgehead atoms. The van der Waals surface area contributed by atoms with E-state index in [0.29, 0.717) is 6.67 Å². The van der Waals surface area contributed by atoms with E-state index in [1.54, 1.807) is 11.3 Å². The highest BCUT2D eigenvalue weighted by Crippen LogP contribution is 2.24. The van der Waals surface area contributed by atoms with Gasteiger partial charge in [0.2, 0.25) is 0 Å². The lowest BCUT2D eigenvalue weighted by molar-refractivity contribution is 0.104. The third-order valence-electron chi connectivity index (χ3n) is 5.76. The third-order valence-corrected chi connectivity index (χ3v) is 7.12. The molecule has 1 saturated heterocycles. The van der Waals surface area contributed by atoms with Crippen LogP contribution in [-0.4, -0.2) is 42.7 Å². The Morgan fingerprint density at radius 1 is 1.16 bits per heavy atom. The number of halogens is 1. The minimum absolute atomic E-state index is 0.283. The minimum atomic E-state index is 0.283. The van der Waals surface area contributed by atoms with E-state index in [-0.39, 0.29) is 6.10 Å². The second kappa shape index (κ2) is 9.03. The van der Waals surface area contributed by atoms with Gasteiger partial charge in [0.15, 0.2) is 0 Å². The summed E-state index contributed by atoms with van der Waals surface area (Å²) in [7, 11) is 2.17. The summed E-state index contributed by atoms with van der Waals surface area (Å²) in [4.78, 5) is 10.6. The maximum atomic E-state index is 6.27. The van der Waals surface area contributed by atoms with Crippen molar-refractivity contribution < 1.29 is 4.74 Å². The molecule has 0 N–H and O–H groups in total. The van der Waals surface area contributed by atoms with E-state index in [0.717, 1.165) is 35.6 Å². The summed E-state index contributed by atoms with van der Waals surface area (Å²) < 4.78 is 7.47. The molecule has 0 saturated carbocycles. The minimum Gasteiger partial charge on any atom is -0.489 e. The quantitative estimate of drug-likeness (QED) is 0.576. The van der Waals surface area contributed by atoms with Crippen LogP contribution >= 0.6 is 22.9 Å². The van der Waals surface area contributed by atoms with Crippen molar-refractivity contribution in [3.8, 4) is 16.2 Å². The Hall–Kier alpha value is -2.34. The molecule has 3 aromatic rings. The van der Waals surface area contributed by atoms with Gasteiger partial charge in [-0.25, -0.2) is 0 Å². The summed E-state index contributed by atoms with van der Waals surface area (Å²) in [6.07, 6.45) is 4.85. The molecule has 1 atom stereocenters. The van der Waals surface area contributed by atoms with Crippen molar-refractivity contribution in [2.24, 2.45) is 4.99 Å². The number of hydrogen-bond acceptors (Lipinski definition) is 5. The lowest BCUT2D eigenvalue weighted by Crippen LogP contribution is -2.38. The van der Waals surface area contributed by atoms with Crippen LogP contribution in [0.3, 0.4) is 0 Å². The van der Waals surface area contributed by atoms with E-state index in [2.05, 4.69) is 65.5 Å². The highest BCUT2D eigenvalue weighted by molar-refractivity contribution is 7.13. The fourth-order valence-electron chi connectivity index (χ4n) is 4.20. The fourth-order valence-corrected chi connectivity index (χ4v) is 5.41. The first kappa shape index (κ1) is 20.6. The molecule has 0 radical (unpaired) electrons. The van der Waals surface area contributed by atoms with Gasteiger partial charge in [0.1, 0.15) is 18.5 Å². The average molecular weight is 452 g/mol. The molecule has 3 heterocycles. The van der Waals surface area contributed by atoms with Gasteiger partial charge >= 0.3 is 0 Å². The number of hydrogen-bond donors (Lipinski definition) is 0. The first-order valence-electron chi connectivity index (χ1n) is 10.7. The Morgan fingerprint density at radius 3 is 2.87 bits per heavy atom. The van der Waals surface area contributed by atoms with Crippen molar-refractivity contribution >= 4 is 29.1 Å². The van der Waals surface area contributed by atoms with Gasteiger partial charge in [0.25, 0.3) is 0 Å². The topological polar surface area (TPSA) is 28.1 Å². The highest BCUT2D eigenvalue weighted by atomic mass is 35.5. The predicted octanol–water partition coefficient (Wildman–Crippen LogP) is 4.37. The third kappa shape index (κ3) is 4.95. The molecule has 31 heavy (non-hydrogen) atoms. The van der Waals surface area contributed by atoms with E-state index < -0.39 is 0 Å². The maximum Gasteiger partial charge on any atom is 0.120 e. The van der Waals surface area contributed by atoms with E-state index in [9.17, 15) is 0 Å². The molecule has 1 aromatic heterocycles. The molecule has 1 fully saturated rings. The SMILES string of the molecule is CN1CCCC(Oc2cccc(CN3C=c4sc(-c5ccc(Cl)cc5)cc4=NC3)c2)C1. The Morgan fingerprint density at radius 2 is 2.03 bits per heavy atom. The number of piperidine rings is 1. The molecule has 0 aliphatic carbocycles. The monoisotopic (exact) mass is 451 g/mol. The summed E-state index contributed by atoms with van der Waals surface area (Å²) in [6.45, 7) is 3.65. The molecule has 1 unspecified atom stereocenters. The van der Waals surface area contributed by atoms with Gasteiger partial charge < -0.3 is 14.5 Å². The number of likely N-dealkylation sites (N-methyl/N-ethyl adjacent to an activating group) is 1. The lowest BCUT2D eigenvalue weighted by atomic mass is 10.1. The standard InChI is InChI=1S/C25H26ClN3OS/c1-28-11-3-6-22(15-28)30-21-5-2-4-18(12-21)14-29-16-25-23(27-17-29)13-24(31-25)19-7-9-20(26)10-8-19/h2,4-5,7-10,12-13,16,22H,3,6,11,14-15,17H2,1H3. The first-order valence-corrected chi connectivity index (χ1v) is 11.9. The normalized spacial score (nSPS) is 18.8. The van der Waals surface area contributed by atoms with Gasteiger partial charge in [0, 0.05) is 29.2 Å². The lowest BCUT2D eigenvalue weighted by Gasteiger charge is -2.30. The molecule has 160 valence electrons. The van der Waals surface area contributed by atoms with Gasteiger partial charge in [0.05, 0.1) is 9.89 Å². The fraction of sp³-hybridized carbons (Fsp3) is 0.320. The molecule has 2 aliphatic rings. The molecular formula is C25H26ClN3OS. The molecule has 2 aliphatic heterocycles. The number of thiophene rings is 1. The van der Waals surface area contributed by atoms with Crippen molar-refractivity contribution in [1.29, 1.82) is 0 Å². The molecule has 0 amide bonds. The summed E-state index contributed by atoms with van der Waals surface area (Å²) in [5.74, 6) is 0.966. The summed E-state index contributed by atoms with van der Waals surface area (Å²) in [5.41, 5.74) is 2.42. The first-order chi connectivity index (χ1) is 15.1. The number of benzene rings is 2. The van der Waals surface area contributed by atoms with Crippen LogP contribution in [-0.2, 0) is 6.54 Å². The van der Waals surface area contributed by atoms with Crippen LogP contribution < -0.4 is 14.6 Å². The van der Waals surface area contributed by atoms with Crippen LogP contribution in [0.25, 0.3) is 16.6 Å².